The van der Waals surface area contributed by atoms with Crippen LogP contribution in [0.4, 0.5) is 5.82 Å². The predicted octanol–water partition coefficient (Wildman–Crippen LogP) is 3.41. The van der Waals surface area contributed by atoms with Crippen molar-refractivity contribution in [2.75, 3.05) is 12.1 Å². The summed E-state index contributed by atoms with van der Waals surface area (Å²) < 4.78 is 0. The molecule has 22 heavy (non-hydrogen) atoms. The average Bonchev–Trinajstić information content (AvgIpc) is 2.53. The number of aromatic nitrogens is 1. The molecule has 0 aliphatic carbocycles. The molecule has 3 aromatic rings. The molecule has 0 aliphatic heterocycles. The molecule has 2 aromatic carbocycles. The van der Waals surface area contributed by atoms with Gasteiger partial charge in [0.2, 0.25) is 0 Å². The molecule has 3 rings (SSSR count). The van der Waals surface area contributed by atoms with Gasteiger partial charge in [-0.05, 0) is 30.3 Å². The fraction of sp³-hybridized carbons (Fsp3) is 0.0588. The molecule has 4 nitrogen and oxygen atoms in total. The number of aromatic hydroxyl groups is 1. The number of rotatable bonds is 3. The summed E-state index contributed by atoms with van der Waals surface area (Å²) in [4.78, 5) is 4.56. The molecule has 0 bridgehead atoms. The molecule has 0 fully saturated rings. The van der Waals surface area contributed by atoms with Gasteiger partial charge in [0.05, 0.1) is 11.7 Å². The van der Waals surface area contributed by atoms with Gasteiger partial charge in [-0.3, -0.25) is 5.01 Å². The first kappa shape index (κ1) is 16.0. The second-order valence-electron chi connectivity index (χ2n) is 4.69. The molecule has 1 aromatic heterocycles. The van der Waals surface area contributed by atoms with Crippen LogP contribution in [0, 0.1) is 0 Å². The molecule has 0 unspecified atom stereocenters. The van der Waals surface area contributed by atoms with Crippen molar-refractivity contribution < 1.29 is 22.2 Å². The van der Waals surface area contributed by atoms with Crippen molar-refractivity contribution in [3.63, 3.8) is 0 Å². The number of fused-ring (bicyclic) bond motifs is 1. The number of anilines is 1. The van der Waals surface area contributed by atoms with Crippen molar-refractivity contribution in [1.29, 1.82) is 0 Å². The van der Waals surface area contributed by atoms with E-state index in [-0.39, 0.29) is 22.8 Å². The van der Waals surface area contributed by atoms with E-state index in [9.17, 15) is 5.11 Å². The maximum Gasteiger partial charge on any atom is 1.00 e. The number of pyridine rings is 1. The third kappa shape index (κ3) is 3.45. The Kier molecular flexibility index (Phi) is 5.15. The van der Waals surface area contributed by atoms with Gasteiger partial charge in [-0.2, -0.15) is 5.10 Å². The van der Waals surface area contributed by atoms with Gasteiger partial charge in [0.15, 0.2) is 0 Å². The molecule has 0 atom stereocenters. The molecule has 5 heteroatoms. The van der Waals surface area contributed by atoms with E-state index < -0.39 is 0 Å². The minimum atomic E-state index is 0. The van der Waals surface area contributed by atoms with Crippen molar-refractivity contribution >= 4 is 22.9 Å². The number of para-hydroxylation sites is 2. The predicted molar refractivity (Wildman–Crippen MR) is 85.8 cm³/mol. The van der Waals surface area contributed by atoms with E-state index in [1.807, 2.05) is 49.5 Å². The first-order valence-corrected chi connectivity index (χ1v) is 6.65. The van der Waals surface area contributed by atoms with Gasteiger partial charge in [0.1, 0.15) is 11.6 Å². The van der Waals surface area contributed by atoms with Crippen LogP contribution in [0.15, 0.2) is 65.8 Å². The Morgan fingerprint density at radius 2 is 1.73 bits per heavy atom. The van der Waals surface area contributed by atoms with Crippen molar-refractivity contribution in [2.24, 2.45) is 5.10 Å². The Labute approximate surface area is 139 Å². The van der Waals surface area contributed by atoms with Gasteiger partial charge < -0.3 is 5.11 Å². The molecule has 114 valence electrons. The summed E-state index contributed by atoms with van der Waals surface area (Å²) in [5.41, 5.74) is 1.60. The third-order valence-electron chi connectivity index (χ3n) is 3.22. The first-order chi connectivity index (χ1) is 10.2. The Balaban J connectivity index is 0.00000176. The summed E-state index contributed by atoms with van der Waals surface area (Å²) in [6.45, 7) is 0. The van der Waals surface area contributed by atoms with Crippen LogP contribution in [-0.4, -0.2) is 23.4 Å². The van der Waals surface area contributed by atoms with E-state index in [1.165, 1.54) is 0 Å². The van der Waals surface area contributed by atoms with Gasteiger partial charge in [-0.1, -0.05) is 30.3 Å². The number of phenols is 1. The fourth-order valence-electron chi connectivity index (χ4n) is 2.04. The largest absolute Gasteiger partial charge is 1.00 e. The van der Waals surface area contributed by atoms with E-state index in [2.05, 4.69) is 10.1 Å². The molecule has 1 heterocycles. The molecule has 0 saturated carbocycles. The first-order valence-electron chi connectivity index (χ1n) is 6.65. The topological polar surface area (TPSA) is 48.7 Å². The minimum Gasteiger partial charge on any atom is -0.507 e. The zero-order chi connectivity index (χ0) is 14.7. The van der Waals surface area contributed by atoms with E-state index >= 15 is 0 Å². The smallest absolute Gasteiger partial charge is 0.507 e. The maximum absolute atomic E-state index is 9.71. The summed E-state index contributed by atoms with van der Waals surface area (Å²) in [6, 6.07) is 19.0. The van der Waals surface area contributed by atoms with Crippen LogP contribution in [0.5, 0.6) is 5.75 Å². The number of hydrogen-bond acceptors (Lipinski definition) is 4. The van der Waals surface area contributed by atoms with E-state index in [4.69, 9.17) is 0 Å². The Bertz CT molecular complexity index is 805. The quantitative estimate of drug-likeness (QED) is 0.451. The van der Waals surface area contributed by atoms with Crippen LogP contribution in [0.1, 0.15) is 5.56 Å². The van der Waals surface area contributed by atoms with Crippen LogP contribution < -0.4 is 5.01 Å². The minimum absolute atomic E-state index is 0. The maximum atomic E-state index is 9.71. The van der Waals surface area contributed by atoms with E-state index in [0.29, 0.717) is 5.56 Å². The van der Waals surface area contributed by atoms with E-state index in [0.717, 1.165) is 16.7 Å². The van der Waals surface area contributed by atoms with Crippen molar-refractivity contribution in [1.82, 2.24) is 4.98 Å². The second-order valence-corrected chi connectivity index (χ2v) is 4.69. The fourth-order valence-corrected chi connectivity index (χ4v) is 2.04. The van der Waals surface area contributed by atoms with Gasteiger partial charge in [-0.25, -0.2) is 4.98 Å². The molecule has 0 saturated heterocycles. The van der Waals surface area contributed by atoms with Gasteiger partial charge in [-0.15, -0.1) is 0 Å². The van der Waals surface area contributed by atoms with Crippen LogP contribution in [-0.2, 0) is 17.1 Å². The number of nitrogens with zero attached hydrogens (tertiary/aromatic N) is 3. The number of phenolic OH excluding ortho intramolecular Hbond substituents is 1. The molecule has 0 amide bonds. The summed E-state index contributed by atoms with van der Waals surface area (Å²) in [5, 5.41) is 16.8. The standard InChI is InChI=1S/C17H15N3O.Cu/c1-20(18-12-14-7-3-5-9-16(14)21)17-11-10-13-6-2-4-8-15(13)19-17;/h2-12,21H,1H3;/q;+1/b18-12+;. The second kappa shape index (κ2) is 7.07. The SMILES string of the molecule is CN(/N=C/c1ccccc1O)c1ccc2ccccc2n1.[Cu+]. The zero-order valence-corrected chi connectivity index (χ0v) is 12.9. The monoisotopic (exact) mass is 340 g/mol. The number of hydrogen-bond donors (Lipinski definition) is 1. The van der Waals surface area contributed by atoms with Crippen LogP contribution >= 0.6 is 0 Å². The summed E-state index contributed by atoms with van der Waals surface area (Å²) in [5.74, 6) is 0.960. The van der Waals surface area contributed by atoms with Gasteiger partial charge in [0.25, 0.3) is 0 Å². The normalized spacial score (nSPS) is 10.6. The molecule has 0 spiro atoms. The zero-order valence-electron chi connectivity index (χ0n) is 11.9. The average molecular weight is 341 g/mol. The Hall–Kier alpha value is -2.36. The molecular weight excluding hydrogens is 326 g/mol. The number of hydrazone groups is 1. The Morgan fingerprint density at radius 3 is 2.55 bits per heavy atom. The Morgan fingerprint density at radius 1 is 1.00 bits per heavy atom. The van der Waals surface area contributed by atoms with Crippen molar-refractivity contribution in [3.05, 3.63) is 66.2 Å². The van der Waals surface area contributed by atoms with Crippen molar-refractivity contribution in [2.45, 2.75) is 0 Å². The van der Waals surface area contributed by atoms with E-state index in [1.54, 1.807) is 29.4 Å². The van der Waals surface area contributed by atoms with Crippen LogP contribution in [0.3, 0.4) is 0 Å². The van der Waals surface area contributed by atoms with Crippen LogP contribution in [0.2, 0.25) is 0 Å². The summed E-state index contributed by atoms with van der Waals surface area (Å²) in [7, 11) is 1.83. The summed E-state index contributed by atoms with van der Waals surface area (Å²) >= 11 is 0. The van der Waals surface area contributed by atoms with Crippen molar-refractivity contribution in [3.8, 4) is 5.75 Å². The van der Waals surface area contributed by atoms with Gasteiger partial charge >= 0.3 is 17.1 Å². The van der Waals surface area contributed by atoms with Gasteiger partial charge in [0, 0.05) is 18.0 Å². The molecule has 0 radical (unpaired) electrons. The molecule has 1 N–H and O–H groups in total. The third-order valence-corrected chi connectivity index (χ3v) is 3.22. The molecule has 0 aliphatic rings. The van der Waals surface area contributed by atoms with Crippen LogP contribution in [0.25, 0.3) is 10.9 Å². The summed E-state index contributed by atoms with van der Waals surface area (Å²) in [6.07, 6.45) is 1.62. The number of benzene rings is 2. The molecular formula is C17H15CuN3O+.